The molecule has 33 heavy (non-hydrogen) atoms. The van der Waals surface area contributed by atoms with Crippen molar-refractivity contribution in [3.8, 4) is 0 Å². The molecule has 2 aromatic heterocycles. The maximum absolute atomic E-state index is 12.0. The number of carbonyl (C=O) groups is 1. The molecule has 1 aliphatic heterocycles. The van der Waals surface area contributed by atoms with E-state index in [1.165, 1.54) is 0 Å². The molecule has 10 nitrogen and oxygen atoms in total. The second kappa shape index (κ2) is 9.44. The van der Waals surface area contributed by atoms with E-state index in [9.17, 15) is 4.79 Å². The van der Waals surface area contributed by atoms with E-state index in [2.05, 4.69) is 42.5 Å². The summed E-state index contributed by atoms with van der Waals surface area (Å²) < 4.78 is 1.93. The van der Waals surface area contributed by atoms with Crippen LogP contribution in [-0.4, -0.2) is 81.3 Å². The number of likely N-dealkylation sites (N-methyl/N-ethyl adjacent to an activating group) is 1. The minimum absolute atomic E-state index is 0.0289. The second-order valence-corrected chi connectivity index (χ2v) is 9.99. The molecule has 0 unspecified atom stereocenters. The Morgan fingerprint density at radius 3 is 2.76 bits per heavy atom. The van der Waals surface area contributed by atoms with Crippen LogP contribution in [-0.2, 0) is 11.3 Å². The van der Waals surface area contributed by atoms with Gasteiger partial charge >= 0.3 is 0 Å². The number of carbonyl (C=O) groups excluding carboxylic acids is 1. The molecule has 11 heteroatoms. The maximum atomic E-state index is 12.0. The van der Waals surface area contributed by atoms with Crippen LogP contribution in [0.1, 0.15) is 19.3 Å². The average molecular weight is 474 g/mol. The fourth-order valence-electron chi connectivity index (χ4n) is 5.59. The highest BCUT2D eigenvalue weighted by molar-refractivity contribution is 6.32. The van der Waals surface area contributed by atoms with Gasteiger partial charge in [0.1, 0.15) is 5.02 Å². The van der Waals surface area contributed by atoms with Crippen LogP contribution in [0.4, 0.5) is 17.5 Å². The number of aromatic nitrogens is 4. The number of fused-ring (bicyclic) bond motifs is 2. The summed E-state index contributed by atoms with van der Waals surface area (Å²) in [6, 6.07) is -0.0289. The van der Waals surface area contributed by atoms with E-state index in [0.29, 0.717) is 28.6 Å². The standard InChI is InChI=1S/C22H32ClN9O/c1-30-4-6-31(7-5-30)8-9-32-13-16(11-26-32)27-22-25-12-17(23)21(29-22)28-19-15-3-2-14(10-15)18(19)20(24)33/h11-15,18-19H,2-10H2,1H3,(H2,24,33)(H2,25,27,28,29)/t14-,15+,18+,19-/m1/s1. The van der Waals surface area contributed by atoms with Crippen molar-refractivity contribution in [2.75, 3.05) is 50.4 Å². The maximum Gasteiger partial charge on any atom is 0.229 e. The first kappa shape index (κ1) is 22.4. The van der Waals surface area contributed by atoms with Crippen molar-refractivity contribution >= 4 is 35.0 Å². The van der Waals surface area contributed by atoms with Crippen LogP contribution in [0.15, 0.2) is 18.6 Å². The molecule has 4 atom stereocenters. The molecule has 3 fully saturated rings. The largest absolute Gasteiger partial charge is 0.369 e. The highest BCUT2D eigenvalue weighted by Gasteiger charge is 2.50. The third kappa shape index (κ3) is 4.92. The highest BCUT2D eigenvalue weighted by atomic mass is 35.5. The fourth-order valence-corrected chi connectivity index (χ4v) is 5.74. The minimum Gasteiger partial charge on any atom is -0.369 e. The van der Waals surface area contributed by atoms with Crippen molar-refractivity contribution in [2.45, 2.75) is 31.8 Å². The first-order valence-corrected chi connectivity index (χ1v) is 12.1. The lowest BCUT2D eigenvalue weighted by Crippen LogP contribution is -2.45. The number of primary amides is 1. The van der Waals surface area contributed by atoms with Crippen LogP contribution in [0.3, 0.4) is 0 Å². The van der Waals surface area contributed by atoms with Gasteiger partial charge in [0.25, 0.3) is 0 Å². The van der Waals surface area contributed by atoms with E-state index in [4.69, 9.17) is 17.3 Å². The number of nitrogens with zero attached hydrogens (tertiary/aromatic N) is 6. The van der Waals surface area contributed by atoms with E-state index in [0.717, 1.165) is 64.2 Å². The zero-order valence-electron chi connectivity index (χ0n) is 19.0. The number of amides is 1. The number of rotatable bonds is 8. The van der Waals surface area contributed by atoms with Gasteiger partial charge in [-0.2, -0.15) is 10.1 Å². The van der Waals surface area contributed by atoms with Crippen molar-refractivity contribution in [3.63, 3.8) is 0 Å². The van der Waals surface area contributed by atoms with Gasteiger partial charge in [0.05, 0.1) is 30.5 Å². The Bertz CT molecular complexity index is 990. The first-order valence-electron chi connectivity index (χ1n) is 11.7. The lowest BCUT2D eigenvalue weighted by Gasteiger charge is -2.32. The van der Waals surface area contributed by atoms with E-state index in [-0.39, 0.29) is 17.9 Å². The van der Waals surface area contributed by atoms with Crippen LogP contribution in [0.25, 0.3) is 0 Å². The molecule has 3 heterocycles. The molecule has 2 aromatic rings. The van der Waals surface area contributed by atoms with Crippen LogP contribution in [0.2, 0.25) is 5.02 Å². The number of hydrogen-bond donors (Lipinski definition) is 3. The van der Waals surface area contributed by atoms with Gasteiger partial charge in [-0.3, -0.25) is 14.4 Å². The van der Waals surface area contributed by atoms with Gasteiger partial charge in [-0.1, -0.05) is 11.6 Å². The van der Waals surface area contributed by atoms with Crippen molar-refractivity contribution in [1.29, 1.82) is 0 Å². The Balaban J connectivity index is 1.21. The lowest BCUT2D eigenvalue weighted by molar-refractivity contribution is -0.123. The van der Waals surface area contributed by atoms with Gasteiger partial charge < -0.3 is 21.3 Å². The second-order valence-electron chi connectivity index (χ2n) is 9.58. The minimum atomic E-state index is -0.243. The summed E-state index contributed by atoms with van der Waals surface area (Å²) in [5, 5.41) is 11.5. The van der Waals surface area contributed by atoms with Crippen molar-refractivity contribution in [3.05, 3.63) is 23.6 Å². The molecule has 2 bridgehead atoms. The molecule has 5 rings (SSSR count). The number of nitrogens with one attached hydrogen (secondary N) is 2. The fraction of sp³-hybridized carbons (Fsp3) is 0.636. The molecule has 0 spiro atoms. The molecular weight excluding hydrogens is 442 g/mol. The third-order valence-corrected chi connectivity index (χ3v) is 7.70. The summed E-state index contributed by atoms with van der Waals surface area (Å²) in [7, 11) is 2.16. The smallest absolute Gasteiger partial charge is 0.229 e. The number of piperazine rings is 1. The Morgan fingerprint density at radius 1 is 1.18 bits per heavy atom. The molecule has 178 valence electrons. The van der Waals surface area contributed by atoms with Crippen LogP contribution in [0.5, 0.6) is 0 Å². The first-order chi connectivity index (χ1) is 16.0. The van der Waals surface area contributed by atoms with Crippen molar-refractivity contribution < 1.29 is 4.79 Å². The molecule has 2 saturated carbocycles. The quantitative estimate of drug-likeness (QED) is 0.529. The Kier molecular flexibility index (Phi) is 6.40. The summed E-state index contributed by atoms with van der Waals surface area (Å²) in [6.45, 7) is 6.22. The van der Waals surface area contributed by atoms with Gasteiger partial charge in [0.15, 0.2) is 5.82 Å². The number of anilines is 3. The Hall–Kier alpha value is -2.43. The predicted octanol–water partition coefficient (Wildman–Crippen LogP) is 1.63. The predicted molar refractivity (Wildman–Crippen MR) is 127 cm³/mol. The molecular formula is C22H32ClN9O. The molecule has 2 aliphatic carbocycles. The SMILES string of the molecule is CN1CCN(CCn2cc(Nc3ncc(Cl)c(N[C@@H]4[C@H]5CC[C@H](C5)[C@@H]4C(N)=O)n3)cn2)CC1. The molecule has 1 amide bonds. The van der Waals surface area contributed by atoms with Gasteiger partial charge in [0, 0.05) is 45.0 Å². The molecule has 4 N–H and O–H groups in total. The average Bonchev–Trinajstić information content (AvgIpc) is 3.52. The molecule has 0 radical (unpaired) electrons. The van der Waals surface area contributed by atoms with Crippen molar-refractivity contribution in [1.82, 2.24) is 29.5 Å². The monoisotopic (exact) mass is 473 g/mol. The highest BCUT2D eigenvalue weighted by Crippen LogP contribution is 2.49. The van der Waals surface area contributed by atoms with Gasteiger partial charge in [-0.15, -0.1) is 0 Å². The number of halogens is 1. The summed E-state index contributed by atoms with van der Waals surface area (Å²) in [4.78, 5) is 25.8. The summed E-state index contributed by atoms with van der Waals surface area (Å²) in [5.41, 5.74) is 6.52. The van der Waals surface area contributed by atoms with E-state index >= 15 is 0 Å². The van der Waals surface area contributed by atoms with Gasteiger partial charge in [-0.25, -0.2) is 4.98 Å². The molecule has 0 aromatic carbocycles. The number of hydrogen-bond acceptors (Lipinski definition) is 8. The molecule has 1 saturated heterocycles. The van der Waals surface area contributed by atoms with Gasteiger partial charge in [0.2, 0.25) is 11.9 Å². The lowest BCUT2D eigenvalue weighted by atomic mass is 9.84. The zero-order valence-corrected chi connectivity index (χ0v) is 19.7. The van der Waals surface area contributed by atoms with E-state index < -0.39 is 0 Å². The summed E-state index contributed by atoms with van der Waals surface area (Å²) in [6.07, 6.45) is 8.51. The molecule has 3 aliphatic rings. The zero-order chi connectivity index (χ0) is 22.9. The topological polar surface area (TPSA) is 117 Å². The Labute approximate surface area is 198 Å². The van der Waals surface area contributed by atoms with Crippen molar-refractivity contribution in [2.24, 2.45) is 23.5 Å². The van der Waals surface area contributed by atoms with Crippen LogP contribution < -0.4 is 16.4 Å². The normalized spacial score (nSPS) is 27.7. The Morgan fingerprint density at radius 2 is 1.97 bits per heavy atom. The van der Waals surface area contributed by atoms with Gasteiger partial charge in [-0.05, 0) is 38.1 Å². The summed E-state index contributed by atoms with van der Waals surface area (Å²) in [5.74, 6) is 1.32. The van der Waals surface area contributed by atoms with Crippen LogP contribution >= 0.6 is 11.6 Å². The third-order valence-electron chi connectivity index (χ3n) is 7.42. The summed E-state index contributed by atoms with van der Waals surface area (Å²) >= 11 is 6.38. The van der Waals surface area contributed by atoms with E-state index in [1.54, 1.807) is 12.4 Å². The van der Waals surface area contributed by atoms with Crippen LogP contribution in [0, 0.1) is 17.8 Å². The number of nitrogens with two attached hydrogens (primary N) is 1. The van der Waals surface area contributed by atoms with E-state index in [1.807, 2.05) is 10.9 Å².